The van der Waals surface area contributed by atoms with E-state index >= 15 is 0 Å². The second kappa shape index (κ2) is 6.88. The predicted octanol–water partition coefficient (Wildman–Crippen LogP) is 4.61. The van der Waals surface area contributed by atoms with E-state index < -0.39 is 0 Å². The minimum atomic E-state index is 0.867. The molecule has 0 saturated carbocycles. The molecule has 0 saturated heterocycles. The van der Waals surface area contributed by atoms with Gasteiger partial charge in [0, 0.05) is 13.0 Å². The highest BCUT2D eigenvalue weighted by Gasteiger charge is 2.10. The van der Waals surface area contributed by atoms with Gasteiger partial charge in [0.25, 0.3) is 0 Å². The maximum Gasteiger partial charge on any atom is 0.138 e. The molecule has 114 valence electrons. The fraction of sp³-hybridized carbons (Fsp3) is 0.333. The third-order valence-electron chi connectivity index (χ3n) is 3.76. The van der Waals surface area contributed by atoms with Crippen molar-refractivity contribution in [1.29, 1.82) is 0 Å². The van der Waals surface area contributed by atoms with Crippen LogP contribution in [0.1, 0.15) is 30.3 Å². The quantitative estimate of drug-likeness (QED) is 0.676. The average molecular weight is 311 g/mol. The molecule has 0 unspecified atom stereocenters. The highest BCUT2D eigenvalue weighted by molar-refractivity contribution is 7.17. The Bertz CT molecular complexity index is 750. The Hall–Kier alpha value is -1.94. The van der Waals surface area contributed by atoms with Crippen LogP contribution in [0, 0.1) is 6.92 Å². The van der Waals surface area contributed by atoms with Gasteiger partial charge in [-0.05, 0) is 36.3 Å². The first kappa shape index (κ1) is 15.0. The van der Waals surface area contributed by atoms with Gasteiger partial charge in [0.05, 0.1) is 5.39 Å². The minimum absolute atomic E-state index is 0.867. The van der Waals surface area contributed by atoms with Crippen molar-refractivity contribution in [2.45, 2.75) is 33.1 Å². The van der Waals surface area contributed by atoms with Crippen molar-refractivity contribution in [3.8, 4) is 0 Å². The first-order valence-electron chi connectivity index (χ1n) is 7.80. The number of anilines is 1. The van der Waals surface area contributed by atoms with Gasteiger partial charge in [0.2, 0.25) is 0 Å². The lowest BCUT2D eigenvalue weighted by Crippen LogP contribution is -2.07. The Morgan fingerprint density at radius 2 is 1.95 bits per heavy atom. The molecule has 1 N–H and O–H groups in total. The van der Waals surface area contributed by atoms with Crippen molar-refractivity contribution < 1.29 is 0 Å². The van der Waals surface area contributed by atoms with E-state index in [-0.39, 0.29) is 0 Å². The van der Waals surface area contributed by atoms with Crippen molar-refractivity contribution in [3.05, 3.63) is 52.7 Å². The summed E-state index contributed by atoms with van der Waals surface area (Å²) in [5.41, 5.74) is 2.64. The van der Waals surface area contributed by atoms with Crippen molar-refractivity contribution >= 4 is 27.4 Å². The Balaban J connectivity index is 1.69. The van der Waals surface area contributed by atoms with Gasteiger partial charge < -0.3 is 5.32 Å². The number of aryl methyl sites for hydroxylation is 3. The molecule has 4 heteroatoms. The van der Waals surface area contributed by atoms with E-state index in [2.05, 4.69) is 64.8 Å². The Morgan fingerprint density at radius 1 is 1.14 bits per heavy atom. The average Bonchev–Trinajstić information content (AvgIpc) is 2.93. The predicted molar refractivity (Wildman–Crippen MR) is 94.8 cm³/mol. The summed E-state index contributed by atoms with van der Waals surface area (Å²) < 4.78 is 0. The van der Waals surface area contributed by atoms with Crippen LogP contribution in [0.4, 0.5) is 5.82 Å². The summed E-state index contributed by atoms with van der Waals surface area (Å²) in [4.78, 5) is 10.4. The zero-order valence-electron chi connectivity index (χ0n) is 13.1. The van der Waals surface area contributed by atoms with Gasteiger partial charge in [-0.25, -0.2) is 9.97 Å². The number of rotatable bonds is 6. The highest BCUT2D eigenvalue weighted by atomic mass is 32.1. The molecule has 0 amide bonds. The second-order valence-electron chi connectivity index (χ2n) is 5.46. The molecule has 0 fully saturated rings. The molecule has 22 heavy (non-hydrogen) atoms. The molecule has 0 spiro atoms. The van der Waals surface area contributed by atoms with E-state index in [0.717, 1.165) is 42.3 Å². The number of hydrogen-bond donors (Lipinski definition) is 1. The number of aromatic nitrogens is 2. The van der Waals surface area contributed by atoms with Crippen LogP contribution in [-0.4, -0.2) is 16.5 Å². The molecule has 2 aromatic heterocycles. The lowest BCUT2D eigenvalue weighted by molar-refractivity contribution is 0.855. The van der Waals surface area contributed by atoms with Crippen molar-refractivity contribution in [2.75, 3.05) is 11.9 Å². The van der Waals surface area contributed by atoms with Crippen molar-refractivity contribution in [2.24, 2.45) is 0 Å². The number of nitrogens with zero attached hydrogens (tertiary/aromatic N) is 2. The summed E-state index contributed by atoms with van der Waals surface area (Å²) in [5, 5.41) is 6.86. The summed E-state index contributed by atoms with van der Waals surface area (Å²) in [6, 6.07) is 10.6. The first-order valence-corrected chi connectivity index (χ1v) is 8.68. The fourth-order valence-corrected chi connectivity index (χ4v) is 3.50. The van der Waals surface area contributed by atoms with Gasteiger partial charge in [0.15, 0.2) is 0 Å². The van der Waals surface area contributed by atoms with Gasteiger partial charge in [-0.15, -0.1) is 11.3 Å². The Morgan fingerprint density at radius 3 is 2.73 bits per heavy atom. The maximum absolute atomic E-state index is 4.68. The smallest absolute Gasteiger partial charge is 0.138 e. The van der Waals surface area contributed by atoms with E-state index in [1.807, 2.05) is 0 Å². The van der Waals surface area contributed by atoms with Crippen LogP contribution in [0.5, 0.6) is 0 Å². The molecule has 2 heterocycles. The Labute approximate surface area is 135 Å². The van der Waals surface area contributed by atoms with E-state index in [4.69, 9.17) is 0 Å². The number of nitrogens with one attached hydrogen (secondary N) is 1. The number of benzene rings is 1. The lowest BCUT2D eigenvalue weighted by atomic mass is 10.1. The monoisotopic (exact) mass is 311 g/mol. The highest BCUT2D eigenvalue weighted by Crippen LogP contribution is 2.29. The van der Waals surface area contributed by atoms with Crippen LogP contribution in [0.25, 0.3) is 10.2 Å². The molecule has 0 aliphatic carbocycles. The zero-order valence-corrected chi connectivity index (χ0v) is 13.9. The first-order chi connectivity index (χ1) is 10.8. The van der Waals surface area contributed by atoms with Crippen LogP contribution >= 0.6 is 11.3 Å². The third-order valence-corrected chi connectivity index (χ3v) is 4.75. The van der Waals surface area contributed by atoms with E-state index in [1.54, 1.807) is 11.3 Å². The van der Waals surface area contributed by atoms with E-state index in [0.29, 0.717) is 0 Å². The van der Waals surface area contributed by atoms with Crippen molar-refractivity contribution in [1.82, 2.24) is 9.97 Å². The molecule has 0 aliphatic heterocycles. The number of hydrogen-bond acceptors (Lipinski definition) is 4. The molecule has 3 nitrogen and oxygen atoms in total. The molecule has 0 aliphatic rings. The van der Waals surface area contributed by atoms with Gasteiger partial charge in [-0.1, -0.05) is 37.3 Å². The number of fused-ring (bicyclic) bond motifs is 1. The largest absolute Gasteiger partial charge is 0.369 e. The molecule has 0 bridgehead atoms. The molecule has 0 radical (unpaired) electrons. The zero-order chi connectivity index (χ0) is 15.4. The van der Waals surface area contributed by atoms with Crippen LogP contribution in [0.2, 0.25) is 0 Å². The topological polar surface area (TPSA) is 37.8 Å². The summed E-state index contributed by atoms with van der Waals surface area (Å²) in [7, 11) is 0. The standard InChI is InChI=1S/C18H21N3S/c1-3-15-20-17(16-13(2)12-22-18(16)21-15)19-11-7-10-14-8-5-4-6-9-14/h4-6,8-9,12H,3,7,10-11H2,1-2H3,(H,19,20,21). The van der Waals surface area contributed by atoms with Crippen LogP contribution in [0.15, 0.2) is 35.7 Å². The molecule has 0 atom stereocenters. The molecule has 3 rings (SSSR count). The third kappa shape index (κ3) is 3.28. The lowest BCUT2D eigenvalue weighted by Gasteiger charge is -2.09. The molecule has 3 aromatic rings. The minimum Gasteiger partial charge on any atom is -0.369 e. The van der Waals surface area contributed by atoms with Crippen molar-refractivity contribution in [3.63, 3.8) is 0 Å². The van der Waals surface area contributed by atoms with Gasteiger partial charge in [-0.2, -0.15) is 0 Å². The van der Waals surface area contributed by atoms with Gasteiger partial charge in [0.1, 0.15) is 16.5 Å². The van der Waals surface area contributed by atoms with Gasteiger partial charge >= 0.3 is 0 Å². The van der Waals surface area contributed by atoms with E-state index in [9.17, 15) is 0 Å². The summed E-state index contributed by atoms with van der Waals surface area (Å²) in [6.45, 7) is 5.16. The van der Waals surface area contributed by atoms with Crippen LogP contribution < -0.4 is 5.32 Å². The SMILES string of the molecule is CCc1nc(NCCCc2ccccc2)c2c(C)csc2n1. The van der Waals surface area contributed by atoms with Gasteiger partial charge in [-0.3, -0.25) is 0 Å². The summed E-state index contributed by atoms with van der Waals surface area (Å²) >= 11 is 1.70. The second-order valence-corrected chi connectivity index (χ2v) is 6.31. The summed E-state index contributed by atoms with van der Waals surface area (Å²) in [6.07, 6.45) is 3.05. The maximum atomic E-state index is 4.68. The van der Waals surface area contributed by atoms with Crippen LogP contribution in [0.3, 0.4) is 0 Å². The fourth-order valence-electron chi connectivity index (χ4n) is 2.56. The number of thiophene rings is 1. The normalized spacial score (nSPS) is 11.0. The van der Waals surface area contributed by atoms with E-state index in [1.165, 1.54) is 16.5 Å². The Kier molecular flexibility index (Phi) is 4.68. The molecule has 1 aromatic carbocycles. The van der Waals surface area contributed by atoms with Crippen LogP contribution in [-0.2, 0) is 12.8 Å². The molecular formula is C18H21N3S. The summed E-state index contributed by atoms with van der Waals surface area (Å²) in [5.74, 6) is 1.91. The molecular weight excluding hydrogens is 290 g/mol.